The monoisotopic (exact) mass is 423 g/mol. The van der Waals surface area contributed by atoms with Crippen molar-refractivity contribution in [3.8, 4) is 5.88 Å². The Balaban J connectivity index is 2.36. The summed E-state index contributed by atoms with van der Waals surface area (Å²) >= 11 is 5.02. The van der Waals surface area contributed by atoms with Crippen molar-refractivity contribution in [2.75, 3.05) is 0 Å². The molecule has 0 N–H and O–H groups in total. The lowest BCUT2D eigenvalue weighted by molar-refractivity contribution is -0.235. The third kappa shape index (κ3) is 4.64. The molecule has 2 aromatic rings. The minimum atomic E-state index is -4.60. The third-order valence-corrected chi connectivity index (χ3v) is 3.79. The molecule has 0 bridgehead atoms. The molecule has 0 spiro atoms. The zero-order valence-corrected chi connectivity index (χ0v) is 15.7. The number of aromatic nitrogens is 4. The maximum Gasteiger partial charge on any atom is 0.427 e. The van der Waals surface area contributed by atoms with Gasteiger partial charge in [-0.25, -0.2) is 4.98 Å². The van der Waals surface area contributed by atoms with Crippen LogP contribution in [0, 0.1) is 6.92 Å². The number of hydrogen-bond acceptors (Lipinski definition) is 5. The molecule has 0 saturated carbocycles. The van der Waals surface area contributed by atoms with Gasteiger partial charge in [0.25, 0.3) is 0 Å². The molecule has 0 atom stereocenters. The fraction of sp³-hybridized carbons (Fsp3) is 0.375. The molecule has 0 fully saturated rings. The zero-order chi connectivity index (χ0) is 21.3. The Labute approximate surface area is 161 Å². The fourth-order valence-corrected chi connectivity index (χ4v) is 2.09. The molecule has 0 aromatic carbocycles. The number of ether oxygens (including phenoxy) is 1. The lowest BCUT2D eigenvalue weighted by Crippen LogP contribution is -2.44. The first-order valence-electron chi connectivity index (χ1n) is 7.65. The lowest BCUT2D eigenvalue weighted by atomic mass is 10.1. The van der Waals surface area contributed by atoms with Gasteiger partial charge in [-0.15, -0.1) is 10.2 Å². The van der Waals surface area contributed by atoms with Crippen LogP contribution < -0.4 is 4.74 Å². The average Bonchev–Trinajstić information content (AvgIpc) is 2.93. The number of hydrogen-bond donors (Lipinski definition) is 0. The van der Waals surface area contributed by atoms with Gasteiger partial charge in [0.05, 0.1) is 5.70 Å². The van der Waals surface area contributed by atoms with E-state index in [9.17, 15) is 22.0 Å². The summed E-state index contributed by atoms with van der Waals surface area (Å²) in [4.78, 5) is 7.53. The van der Waals surface area contributed by atoms with Gasteiger partial charge in [-0.1, -0.05) is 0 Å². The maximum absolute atomic E-state index is 13.4. The number of pyridine rings is 1. The van der Waals surface area contributed by atoms with Crippen molar-refractivity contribution in [1.29, 1.82) is 0 Å². The maximum atomic E-state index is 13.4. The largest absolute Gasteiger partial charge is 0.462 e. The topological polar surface area (TPSA) is 65.2 Å². The van der Waals surface area contributed by atoms with Gasteiger partial charge in [0, 0.05) is 24.0 Å². The standard InChI is InChI=1S/C16H15ClF5N5O/c1-9-25-26-13(15(17,18)19)27(9)8-11(23-4)10-5-6-12(24-7-10)28-14(2,3)16(20,21)22/h5-8H,4H2,1-3H3/b11-8-. The first-order valence-corrected chi connectivity index (χ1v) is 8.03. The molecular weight excluding hydrogens is 409 g/mol. The van der Waals surface area contributed by atoms with E-state index in [1.807, 2.05) is 0 Å². The lowest BCUT2D eigenvalue weighted by Gasteiger charge is -2.28. The molecule has 0 aliphatic carbocycles. The first-order chi connectivity index (χ1) is 12.8. The molecule has 0 aliphatic heterocycles. The van der Waals surface area contributed by atoms with E-state index in [1.165, 1.54) is 25.3 Å². The number of aryl methyl sites for hydroxylation is 1. The molecular formula is C16H15ClF5N5O. The Morgan fingerprint density at radius 1 is 1.21 bits per heavy atom. The van der Waals surface area contributed by atoms with E-state index in [2.05, 4.69) is 26.9 Å². The normalized spacial score (nSPS) is 13.5. The van der Waals surface area contributed by atoms with Crippen LogP contribution >= 0.6 is 11.6 Å². The van der Waals surface area contributed by atoms with Crippen molar-refractivity contribution in [2.45, 2.75) is 37.9 Å². The Morgan fingerprint density at radius 2 is 1.86 bits per heavy atom. The first kappa shape index (κ1) is 21.7. The molecule has 28 heavy (non-hydrogen) atoms. The molecule has 6 nitrogen and oxygen atoms in total. The average molecular weight is 424 g/mol. The van der Waals surface area contributed by atoms with Crippen molar-refractivity contribution in [3.05, 3.63) is 35.5 Å². The Bertz CT molecular complexity index is 884. The van der Waals surface area contributed by atoms with Gasteiger partial charge in [0.1, 0.15) is 5.82 Å². The molecule has 0 saturated heterocycles. The zero-order valence-electron chi connectivity index (χ0n) is 14.9. The van der Waals surface area contributed by atoms with Gasteiger partial charge < -0.3 is 4.74 Å². The molecule has 2 aromatic heterocycles. The summed E-state index contributed by atoms with van der Waals surface area (Å²) in [7, 11) is 0. The predicted octanol–water partition coefficient (Wildman–Crippen LogP) is 4.65. The minimum absolute atomic E-state index is 0.0826. The highest BCUT2D eigenvalue weighted by molar-refractivity contribution is 6.21. The highest BCUT2D eigenvalue weighted by Gasteiger charge is 2.50. The molecule has 2 heterocycles. The Hall–Kier alpha value is -2.56. The Morgan fingerprint density at radius 3 is 2.32 bits per heavy atom. The summed E-state index contributed by atoms with van der Waals surface area (Å²) < 4.78 is 71.4. The van der Waals surface area contributed by atoms with Crippen molar-refractivity contribution in [1.82, 2.24) is 19.7 Å². The highest BCUT2D eigenvalue weighted by Crippen LogP contribution is 2.34. The molecule has 12 heteroatoms. The summed E-state index contributed by atoms with van der Waals surface area (Å²) in [5.74, 6) is -0.994. The van der Waals surface area contributed by atoms with Crippen molar-refractivity contribution in [2.24, 2.45) is 4.99 Å². The summed E-state index contributed by atoms with van der Waals surface area (Å²) in [5.41, 5.74) is -2.08. The number of rotatable bonds is 6. The van der Waals surface area contributed by atoms with Crippen LogP contribution in [0.2, 0.25) is 0 Å². The van der Waals surface area contributed by atoms with Crippen LogP contribution in [-0.4, -0.2) is 38.2 Å². The van der Waals surface area contributed by atoms with E-state index < -0.39 is 23.0 Å². The third-order valence-electron chi connectivity index (χ3n) is 3.62. The van der Waals surface area contributed by atoms with E-state index in [0.29, 0.717) is 0 Å². The SMILES string of the molecule is C=N/C(=C\n1c(C)nnc1C(F)(F)Cl)c1ccc(OC(C)(C)C(F)(F)F)nc1. The van der Waals surface area contributed by atoms with Crippen LogP contribution in [0.5, 0.6) is 5.88 Å². The van der Waals surface area contributed by atoms with Gasteiger partial charge in [0.15, 0.2) is 5.60 Å². The highest BCUT2D eigenvalue weighted by atomic mass is 35.5. The quantitative estimate of drug-likeness (QED) is 0.385. The van der Waals surface area contributed by atoms with Crippen molar-refractivity contribution in [3.63, 3.8) is 0 Å². The molecule has 0 radical (unpaired) electrons. The van der Waals surface area contributed by atoms with Crippen LogP contribution in [0.25, 0.3) is 11.9 Å². The van der Waals surface area contributed by atoms with E-state index in [4.69, 9.17) is 16.3 Å². The van der Waals surface area contributed by atoms with Crippen LogP contribution in [0.4, 0.5) is 22.0 Å². The molecule has 0 amide bonds. The van der Waals surface area contributed by atoms with Crippen LogP contribution in [0.1, 0.15) is 31.1 Å². The summed E-state index contributed by atoms with van der Waals surface area (Å²) in [6.45, 7) is 6.50. The minimum Gasteiger partial charge on any atom is -0.462 e. The molecule has 0 aliphatic rings. The number of halogens is 6. The second-order valence-corrected chi connectivity index (χ2v) is 6.58. The van der Waals surface area contributed by atoms with Crippen LogP contribution in [0.3, 0.4) is 0 Å². The van der Waals surface area contributed by atoms with Gasteiger partial charge in [-0.3, -0.25) is 9.56 Å². The molecule has 152 valence electrons. The summed E-state index contributed by atoms with van der Waals surface area (Å²) in [5, 5.41) is 3.09. The van der Waals surface area contributed by atoms with Gasteiger partial charge in [-0.05, 0) is 45.2 Å². The summed E-state index contributed by atoms with van der Waals surface area (Å²) in [6.07, 6.45) is -2.28. The van der Waals surface area contributed by atoms with Crippen molar-refractivity contribution < 1.29 is 26.7 Å². The summed E-state index contributed by atoms with van der Waals surface area (Å²) in [6, 6.07) is 2.55. The number of aliphatic imine (C=N–C) groups is 1. The second-order valence-electron chi connectivity index (χ2n) is 6.11. The smallest absolute Gasteiger partial charge is 0.427 e. The van der Waals surface area contributed by atoms with Crippen LogP contribution in [-0.2, 0) is 5.38 Å². The fourth-order valence-electron chi connectivity index (χ4n) is 1.96. The van der Waals surface area contributed by atoms with Gasteiger partial charge in [-0.2, -0.15) is 22.0 Å². The van der Waals surface area contributed by atoms with E-state index in [1.54, 1.807) is 0 Å². The Kier molecular flexibility index (Phi) is 5.79. The van der Waals surface area contributed by atoms with Gasteiger partial charge in [0.2, 0.25) is 11.7 Å². The molecule has 2 rings (SSSR count). The number of alkyl halides is 6. The predicted molar refractivity (Wildman–Crippen MR) is 93.2 cm³/mol. The van der Waals surface area contributed by atoms with Gasteiger partial charge >= 0.3 is 11.6 Å². The van der Waals surface area contributed by atoms with E-state index in [0.717, 1.165) is 24.6 Å². The number of nitrogens with zero attached hydrogens (tertiary/aromatic N) is 5. The second kappa shape index (κ2) is 7.46. The van der Waals surface area contributed by atoms with E-state index in [-0.39, 0.29) is 23.0 Å². The van der Waals surface area contributed by atoms with E-state index >= 15 is 0 Å². The molecule has 0 unspecified atom stereocenters. The van der Waals surface area contributed by atoms with Crippen LogP contribution in [0.15, 0.2) is 23.3 Å². The van der Waals surface area contributed by atoms with Crippen molar-refractivity contribution >= 4 is 30.2 Å².